The Bertz CT molecular complexity index is 752. The van der Waals surface area contributed by atoms with Gasteiger partial charge < -0.3 is 14.7 Å². The van der Waals surface area contributed by atoms with Crippen LogP contribution in [-0.2, 0) is 4.79 Å². The minimum absolute atomic E-state index is 0.172. The lowest BCUT2D eigenvalue weighted by Gasteiger charge is -2.60. The number of hydrogen-bond acceptors (Lipinski definition) is 3. The first-order valence-electron chi connectivity index (χ1n) is 10.9. The van der Waals surface area contributed by atoms with Gasteiger partial charge in [-0.05, 0) is 88.3 Å². The Labute approximate surface area is 183 Å². The number of hydrogen-bond donors (Lipinski definition) is 1. The molecule has 4 bridgehead atoms. The van der Waals surface area contributed by atoms with Gasteiger partial charge in [-0.15, -0.1) is 0 Å². The van der Waals surface area contributed by atoms with Crippen LogP contribution in [0.4, 0.5) is 0 Å². The van der Waals surface area contributed by atoms with Crippen molar-refractivity contribution < 1.29 is 14.6 Å². The zero-order valence-corrected chi connectivity index (χ0v) is 18.8. The molecule has 0 radical (unpaired) electrons. The minimum Gasteiger partial charge on any atom is -0.492 e. The first-order valence-corrected chi connectivity index (χ1v) is 11.6. The van der Waals surface area contributed by atoms with Gasteiger partial charge in [0.05, 0.1) is 17.2 Å². The molecule has 4 saturated carbocycles. The van der Waals surface area contributed by atoms with Crippen LogP contribution in [0.1, 0.15) is 58.8 Å². The van der Waals surface area contributed by atoms with Gasteiger partial charge in [0.2, 0.25) is 5.91 Å². The highest BCUT2D eigenvalue weighted by Gasteiger charge is 2.56. The van der Waals surface area contributed by atoms with E-state index < -0.39 is 5.60 Å². The quantitative estimate of drug-likeness (QED) is 0.583. The van der Waals surface area contributed by atoms with Crippen molar-refractivity contribution in [3.8, 4) is 5.75 Å². The number of benzene rings is 1. The van der Waals surface area contributed by atoms with Crippen LogP contribution in [0.5, 0.6) is 5.75 Å². The summed E-state index contributed by atoms with van der Waals surface area (Å²) in [6.07, 6.45) is 6.13. The van der Waals surface area contributed by atoms with E-state index in [4.69, 9.17) is 27.9 Å². The minimum atomic E-state index is -0.468. The maximum absolute atomic E-state index is 13.2. The molecule has 4 aliphatic rings. The predicted octanol–water partition coefficient (Wildman–Crippen LogP) is 5.33. The summed E-state index contributed by atoms with van der Waals surface area (Å²) in [6, 6.07) is 5.61. The Balaban J connectivity index is 1.35. The third kappa shape index (κ3) is 4.40. The number of aliphatic hydroxyl groups is 1. The van der Waals surface area contributed by atoms with Crippen molar-refractivity contribution in [3.63, 3.8) is 0 Å². The second kappa shape index (κ2) is 8.28. The number of rotatable bonds is 7. The summed E-state index contributed by atoms with van der Waals surface area (Å²) >= 11 is 12.1. The van der Waals surface area contributed by atoms with Crippen LogP contribution in [0.15, 0.2) is 18.2 Å². The van der Waals surface area contributed by atoms with Crippen LogP contribution < -0.4 is 4.74 Å². The van der Waals surface area contributed by atoms with Gasteiger partial charge in [0.1, 0.15) is 5.75 Å². The van der Waals surface area contributed by atoms with Crippen LogP contribution in [0, 0.1) is 17.8 Å². The average molecular weight is 440 g/mol. The number of nitrogens with zero attached hydrogens (tertiary/aromatic N) is 1. The van der Waals surface area contributed by atoms with Gasteiger partial charge in [-0.1, -0.05) is 23.2 Å². The van der Waals surface area contributed by atoms with E-state index in [0.29, 0.717) is 53.0 Å². The molecule has 1 aromatic rings. The summed E-state index contributed by atoms with van der Waals surface area (Å²) in [5.74, 6) is 2.34. The molecule has 0 aliphatic heterocycles. The van der Waals surface area contributed by atoms with Crippen molar-refractivity contribution in [3.05, 3.63) is 28.2 Å². The van der Waals surface area contributed by atoms with E-state index in [2.05, 4.69) is 18.7 Å². The van der Waals surface area contributed by atoms with Crippen molar-refractivity contribution in [1.29, 1.82) is 0 Å². The monoisotopic (exact) mass is 439 g/mol. The molecular formula is C23H31Cl2NO3. The highest BCUT2D eigenvalue weighted by molar-refractivity contribution is 6.35. The van der Waals surface area contributed by atoms with Gasteiger partial charge in [0, 0.05) is 23.5 Å². The number of carbonyl (C=O) groups is 1. The summed E-state index contributed by atoms with van der Waals surface area (Å²) in [4.78, 5) is 15.3. The Hall–Kier alpha value is -0.970. The predicted molar refractivity (Wildman–Crippen MR) is 115 cm³/mol. The molecule has 1 aromatic carbocycles. The standard InChI is InChI=1S/C23H31Cl2NO3/c1-14(2)26(22-16-8-15-9-17(22)13-23(28,11-15)12-16)21(27)4-3-7-29-20-6-5-18(24)10-19(20)25/h5-6,10,14-17,22,28H,3-4,7-9,11-13H2,1-2H3. The van der Waals surface area contributed by atoms with Crippen molar-refractivity contribution >= 4 is 29.1 Å². The molecule has 1 N–H and O–H groups in total. The lowest BCUT2D eigenvalue weighted by Crippen LogP contribution is -2.63. The van der Waals surface area contributed by atoms with Gasteiger partial charge >= 0.3 is 0 Å². The maximum Gasteiger partial charge on any atom is 0.223 e. The summed E-state index contributed by atoms with van der Waals surface area (Å²) in [5.41, 5.74) is -0.468. The fourth-order valence-electron chi connectivity index (χ4n) is 6.33. The third-order valence-electron chi connectivity index (χ3n) is 7.04. The Morgan fingerprint density at radius 2 is 1.93 bits per heavy atom. The first-order chi connectivity index (χ1) is 13.8. The fraction of sp³-hybridized carbons (Fsp3) is 0.696. The first kappa shape index (κ1) is 21.3. The molecule has 1 amide bonds. The summed E-state index contributed by atoms with van der Waals surface area (Å²) < 4.78 is 5.74. The molecule has 0 saturated heterocycles. The van der Waals surface area contributed by atoms with Gasteiger partial charge in [-0.3, -0.25) is 4.79 Å². The smallest absolute Gasteiger partial charge is 0.223 e. The second-order valence-corrected chi connectivity index (χ2v) is 10.5. The largest absolute Gasteiger partial charge is 0.492 e. The lowest BCUT2D eigenvalue weighted by atomic mass is 9.52. The van der Waals surface area contributed by atoms with Crippen molar-refractivity contribution in [2.24, 2.45) is 17.8 Å². The molecule has 4 nitrogen and oxygen atoms in total. The van der Waals surface area contributed by atoms with E-state index in [9.17, 15) is 9.90 Å². The van der Waals surface area contributed by atoms with Crippen LogP contribution >= 0.6 is 23.2 Å². The normalized spacial score (nSPS) is 32.6. The van der Waals surface area contributed by atoms with Crippen molar-refractivity contribution in [2.75, 3.05) is 6.61 Å². The van der Waals surface area contributed by atoms with Crippen LogP contribution in [0.2, 0.25) is 10.0 Å². The topological polar surface area (TPSA) is 49.8 Å². The molecule has 0 aromatic heterocycles. The van der Waals surface area contributed by atoms with E-state index in [-0.39, 0.29) is 18.0 Å². The molecule has 6 heteroatoms. The summed E-state index contributed by atoms with van der Waals surface area (Å²) in [6.45, 7) is 4.67. The molecule has 2 unspecified atom stereocenters. The highest BCUT2D eigenvalue weighted by Crippen LogP contribution is 2.57. The molecule has 0 spiro atoms. The van der Waals surface area contributed by atoms with Crippen LogP contribution in [-0.4, -0.2) is 40.2 Å². The summed E-state index contributed by atoms with van der Waals surface area (Å²) in [7, 11) is 0. The molecule has 0 heterocycles. The number of halogens is 2. The second-order valence-electron chi connectivity index (χ2n) is 9.61. The van der Waals surface area contributed by atoms with Crippen LogP contribution in [0.25, 0.3) is 0 Å². The van der Waals surface area contributed by atoms with Gasteiger partial charge in [-0.25, -0.2) is 0 Å². The van der Waals surface area contributed by atoms with Gasteiger partial charge in [0.25, 0.3) is 0 Å². The van der Waals surface area contributed by atoms with E-state index in [1.54, 1.807) is 18.2 Å². The molecule has 5 rings (SSSR count). The number of carbonyl (C=O) groups excluding carboxylic acids is 1. The molecule has 2 atom stereocenters. The van der Waals surface area contributed by atoms with Gasteiger partial charge in [0.15, 0.2) is 0 Å². The number of ether oxygens (including phenoxy) is 1. The zero-order chi connectivity index (χ0) is 20.8. The fourth-order valence-corrected chi connectivity index (χ4v) is 6.80. The van der Waals surface area contributed by atoms with Crippen LogP contribution in [0.3, 0.4) is 0 Å². The summed E-state index contributed by atoms with van der Waals surface area (Å²) in [5, 5.41) is 11.9. The van der Waals surface area contributed by atoms with Gasteiger partial charge in [-0.2, -0.15) is 0 Å². The van der Waals surface area contributed by atoms with E-state index >= 15 is 0 Å². The Kier molecular flexibility index (Phi) is 6.07. The highest BCUT2D eigenvalue weighted by atomic mass is 35.5. The zero-order valence-electron chi connectivity index (χ0n) is 17.2. The Morgan fingerprint density at radius 3 is 2.52 bits per heavy atom. The number of amides is 1. The Morgan fingerprint density at radius 1 is 1.24 bits per heavy atom. The third-order valence-corrected chi connectivity index (χ3v) is 7.57. The average Bonchev–Trinajstić information content (AvgIpc) is 2.61. The molecule has 29 heavy (non-hydrogen) atoms. The van der Waals surface area contributed by atoms with Crippen molar-refractivity contribution in [1.82, 2.24) is 4.90 Å². The molecule has 160 valence electrons. The lowest BCUT2D eigenvalue weighted by molar-refractivity contribution is -0.174. The van der Waals surface area contributed by atoms with E-state index in [1.165, 1.54) is 0 Å². The van der Waals surface area contributed by atoms with E-state index in [0.717, 1.165) is 32.1 Å². The maximum atomic E-state index is 13.2. The van der Waals surface area contributed by atoms with E-state index in [1.807, 2.05) is 0 Å². The van der Waals surface area contributed by atoms with Crippen molar-refractivity contribution in [2.45, 2.75) is 76.5 Å². The molecule has 4 fully saturated rings. The molecule has 4 aliphatic carbocycles. The molecular weight excluding hydrogens is 409 g/mol. The SMILES string of the molecule is CC(C)N(C(=O)CCCOc1ccc(Cl)cc1Cl)C1C2CC3CC1CC(O)(C3)C2.